The minimum atomic E-state index is -4.26. The van der Waals surface area contributed by atoms with Gasteiger partial charge in [0.1, 0.15) is 10.4 Å². The lowest BCUT2D eigenvalue weighted by molar-refractivity contribution is -0.386. The first kappa shape index (κ1) is 18.6. The van der Waals surface area contributed by atoms with Crippen LogP contribution in [0.2, 0.25) is 0 Å². The van der Waals surface area contributed by atoms with Crippen LogP contribution < -0.4 is 4.72 Å². The van der Waals surface area contributed by atoms with Crippen LogP contribution in [0.5, 0.6) is 5.75 Å². The summed E-state index contributed by atoms with van der Waals surface area (Å²) in [7, 11) is -2.70. The summed E-state index contributed by atoms with van der Waals surface area (Å²) in [5.41, 5.74) is 0.374. The number of para-hydroxylation sites is 1. The van der Waals surface area contributed by atoms with E-state index in [0.717, 1.165) is 12.1 Å². The minimum absolute atomic E-state index is 0.167. The molecule has 0 amide bonds. The Morgan fingerprint density at radius 3 is 2.81 bits per heavy atom. The topological polar surface area (TPSA) is 145 Å². The molecule has 0 aliphatic carbocycles. The first-order valence-electron chi connectivity index (χ1n) is 7.69. The van der Waals surface area contributed by atoms with Gasteiger partial charge in [-0.15, -0.1) is 0 Å². The van der Waals surface area contributed by atoms with E-state index in [1.54, 1.807) is 13.2 Å². The molecule has 1 heterocycles. The summed E-state index contributed by atoms with van der Waals surface area (Å²) in [4.78, 5) is 13.7. The van der Waals surface area contributed by atoms with E-state index in [1.165, 1.54) is 18.2 Å². The second-order valence-electron chi connectivity index (χ2n) is 5.52. The fourth-order valence-corrected chi connectivity index (χ4v) is 3.58. The Hall–Kier alpha value is -3.18. The van der Waals surface area contributed by atoms with Crippen LogP contribution in [0.25, 0.3) is 11.1 Å². The van der Waals surface area contributed by atoms with Crippen LogP contribution in [0, 0.1) is 10.1 Å². The van der Waals surface area contributed by atoms with Crippen LogP contribution in [0.3, 0.4) is 0 Å². The fourth-order valence-electron chi connectivity index (χ4n) is 2.42. The zero-order chi connectivity index (χ0) is 19.6. The molecule has 0 saturated heterocycles. The van der Waals surface area contributed by atoms with Gasteiger partial charge in [0.05, 0.1) is 17.2 Å². The molecule has 0 radical (unpaired) electrons. The summed E-state index contributed by atoms with van der Waals surface area (Å²) >= 11 is 0. The number of phenols is 1. The molecule has 27 heavy (non-hydrogen) atoms. The third kappa shape index (κ3) is 3.83. The molecule has 0 saturated carbocycles. The Morgan fingerprint density at radius 2 is 2.11 bits per heavy atom. The number of sulfonamides is 1. The van der Waals surface area contributed by atoms with Gasteiger partial charge in [0.15, 0.2) is 11.5 Å². The molecule has 0 spiro atoms. The van der Waals surface area contributed by atoms with Crippen molar-refractivity contribution in [2.45, 2.75) is 11.3 Å². The molecule has 0 aliphatic heterocycles. The number of rotatable bonds is 7. The minimum Gasteiger partial charge on any atom is -0.501 e. The van der Waals surface area contributed by atoms with Gasteiger partial charge < -0.3 is 14.3 Å². The standard InChI is InChI=1S/C16H15N3O7S/c1-25-8-7-15-17-11-9-10(5-6-13(11)26-15)18-27(23,24)14-4-2-3-12(16(14)20)19(21)22/h2-6,9,18,20H,7-8H2,1H3. The molecule has 2 N–H and O–H groups in total. The molecule has 0 aliphatic rings. The summed E-state index contributed by atoms with van der Waals surface area (Å²) < 4.78 is 37.8. The zero-order valence-corrected chi connectivity index (χ0v) is 14.9. The van der Waals surface area contributed by atoms with Gasteiger partial charge in [0.25, 0.3) is 10.0 Å². The van der Waals surface area contributed by atoms with Crippen molar-refractivity contribution in [2.75, 3.05) is 18.4 Å². The Balaban J connectivity index is 1.92. The third-order valence-electron chi connectivity index (χ3n) is 3.67. The van der Waals surface area contributed by atoms with Gasteiger partial charge >= 0.3 is 5.69 Å². The number of oxazole rings is 1. The molecule has 3 rings (SSSR count). The number of benzene rings is 2. The highest BCUT2D eigenvalue weighted by molar-refractivity contribution is 7.92. The molecule has 2 aromatic carbocycles. The van der Waals surface area contributed by atoms with Crippen LogP contribution in [0.15, 0.2) is 45.7 Å². The smallest absolute Gasteiger partial charge is 0.312 e. The predicted molar refractivity (Wildman–Crippen MR) is 95.2 cm³/mol. The number of nitro benzene ring substituents is 1. The molecule has 0 unspecified atom stereocenters. The van der Waals surface area contributed by atoms with E-state index in [4.69, 9.17) is 9.15 Å². The SMILES string of the molecule is COCCc1nc2cc(NS(=O)(=O)c3cccc([N+](=O)[O-])c3O)ccc2o1. The lowest BCUT2D eigenvalue weighted by Crippen LogP contribution is -2.13. The van der Waals surface area contributed by atoms with Gasteiger partial charge in [-0.25, -0.2) is 13.4 Å². The average molecular weight is 393 g/mol. The number of methoxy groups -OCH3 is 1. The number of aromatic hydroxyl groups is 1. The highest BCUT2D eigenvalue weighted by Gasteiger charge is 2.25. The van der Waals surface area contributed by atoms with Crippen molar-refractivity contribution in [1.82, 2.24) is 4.98 Å². The Kier molecular flexibility index (Phi) is 4.97. The second-order valence-corrected chi connectivity index (χ2v) is 7.17. The van der Waals surface area contributed by atoms with Crippen LogP contribution in [0.4, 0.5) is 11.4 Å². The fraction of sp³-hybridized carbons (Fsp3) is 0.188. The number of nitrogens with one attached hydrogen (secondary N) is 1. The number of hydrogen-bond donors (Lipinski definition) is 2. The largest absolute Gasteiger partial charge is 0.501 e. The quantitative estimate of drug-likeness (QED) is 0.460. The molecule has 3 aromatic rings. The molecular formula is C16H15N3O7S. The van der Waals surface area contributed by atoms with E-state index in [2.05, 4.69) is 9.71 Å². The highest BCUT2D eigenvalue weighted by atomic mass is 32.2. The second kappa shape index (κ2) is 7.21. The van der Waals surface area contributed by atoms with E-state index >= 15 is 0 Å². The Labute approximate surface area is 153 Å². The van der Waals surface area contributed by atoms with Crippen molar-refractivity contribution in [3.63, 3.8) is 0 Å². The molecule has 0 fully saturated rings. The van der Waals surface area contributed by atoms with Gasteiger partial charge in [-0.2, -0.15) is 0 Å². The van der Waals surface area contributed by atoms with Gasteiger partial charge in [-0.3, -0.25) is 14.8 Å². The Bertz CT molecular complexity index is 1110. The predicted octanol–water partition coefficient (Wildman–Crippen LogP) is 2.43. The van der Waals surface area contributed by atoms with Crippen LogP contribution in [0.1, 0.15) is 5.89 Å². The van der Waals surface area contributed by atoms with E-state index in [9.17, 15) is 23.6 Å². The average Bonchev–Trinajstić information content (AvgIpc) is 3.01. The summed E-state index contributed by atoms with van der Waals surface area (Å²) in [6.45, 7) is 0.429. The van der Waals surface area contributed by atoms with Gasteiger partial charge in [0, 0.05) is 19.6 Å². The van der Waals surface area contributed by atoms with Gasteiger partial charge in [0.2, 0.25) is 5.75 Å². The first-order valence-corrected chi connectivity index (χ1v) is 9.18. The van der Waals surface area contributed by atoms with Crippen molar-refractivity contribution in [1.29, 1.82) is 0 Å². The number of anilines is 1. The summed E-state index contributed by atoms with van der Waals surface area (Å²) in [5.74, 6) is -0.484. The molecule has 0 atom stereocenters. The molecule has 0 bridgehead atoms. The lowest BCUT2D eigenvalue weighted by Gasteiger charge is -2.09. The molecular weight excluding hydrogens is 378 g/mol. The maximum atomic E-state index is 12.5. The van der Waals surface area contributed by atoms with E-state index in [1.807, 2.05) is 0 Å². The van der Waals surface area contributed by atoms with Crippen molar-refractivity contribution in [3.05, 3.63) is 52.4 Å². The van der Waals surface area contributed by atoms with Crippen molar-refractivity contribution in [2.24, 2.45) is 0 Å². The van der Waals surface area contributed by atoms with E-state index < -0.39 is 31.3 Å². The lowest BCUT2D eigenvalue weighted by atomic mass is 10.3. The first-order chi connectivity index (χ1) is 12.8. The van der Waals surface area contributed by atoms with E-state index in [-0.39, 0.29) is 5.69 Å². The summed E-state index contributed by atoms with van der Waals surface area (Å²) in [5, 5.41) is 20.8. The maximum Gasteiger partial charge on any atom is 0.312 e. The van der Waals surface area contributed by atoms with Crippen LogP contribution >= 0.6 is 0 Å². The monoisotopic (exact) mass is 393 g/mol. The molecule has 10 nitrogen and oxygen atoms in total. The van der Waals surface area contributed by atoms with Gasteiger partial charge in [-0.05, 0) is 24.3 Å². The maximum absolute atomic E-state index is 12.5. The van der Waals surface area contributed by atoms with Crippen molar-refractivity contribution >= 4 is 32.5 Å². The molecule has 1 aromatic heterocycles. The highest BCUT2D eigenvalue weighted by Crippen LogP contribution is 2.33. The number of fused-ring (bicyclic) bond motifs is 1. The molecule has 11 heteroatoms. The summed E-state index contributed by atoms with van der Waals surface area (Å²) in [6.07, 6.45) is 0.466. The molecule has 142 valence electrons. The number of nitro groups is 1. The van der Waals surface area contributed by atoms with Crippen molar-refractivity contribution in [3.8, 4) is 5.75 Å². The normalized spacial score (nSPS) is 11.6. The van der Waals surface area contributed by atoms with Crippen molar-refractivity contribution < 1.29 is 27.6 Å². The third-order valence-corrected chi connectivity index (χ3v) is 5.08. The van der Waals surface area contributed by atoms with Crippen LogP contribution in [-0.2, 0) is 21.2 Å². The number of phenolic OH excluding ortho intramolecular Hbond substituents is 1. The van der Waals surface area contributed by atoms with Gasteiger partial charge in [-0.1, -0.05) is 6.07 Å². The number of nitrogens with zero attached hydrogens (tertiary/aromatic N) is 2. The number of ether oxygens (including phenoxy) is 1. The number of aromatic nitrogens is 1. The van der Waals surface area contributed by atoms with E-state index in [0.29, 0.717) is 30.0 Å². The summed E-state index contributed by atoms with van der Waals surface area (Å²) in [6, 6.07) is 7.72. The Morgan fingerprint density at radius 1 is 1.33 bits per heavy atom. The number of hydrogen-bond acceptors (Lipinski definition) is 8. The zero-order valence-electron chi connectivity index (χ0n) is 14.1. The van der Waals surface area contributed by atoms with Crippen LogP contribution in [-0.4, -0.2) is 37.1 Å².